The Kier molecular flexibility index (Phi) is 4.59. The minimum Gasteiger partial charge on any atom is -0.486 e. The highest BCUT2D eigenvalue weighted by molar-refractivity contribution is 6.03. The third kappa shape index (κ3) is 3.36. The summed E-state index contributed by atoms with van der Waals surface area (Å²) in [6.45, 7) is 1.95. The smallest absolute Gasteiger partial charge is 0.325 e. The van der Waals surface area contributed by atoms with Gasteiger partial charge in [0, 0.05) is 36.4 Å². The largest absolute Gasteiger partial charge is 0.486 e. The molecule has 8 nitrogen and oxygen atoms in total. The summed E-state index contributed by atoms with van der Waals surface area (Å²) in [6, 6.07) is 14.6. The van der Waals surface area contributed by atoms with Crippen LogP contribution < -0.4 is 19.7 Å². The molecule has 5 rings (SSSR count). The summed E-state index contributed by atoms with van der Waals surface area (Å²) < 4.78 is 11.1. The van der Waals surface area contributed by atoms with Crippen molar-refractivity contribution in [3.05, 3.63) is 54.7 Å². The SMILES string of the molecule is O=C(CN1CCN(c2ccc3c(c2)OCCO3)C1=O)Nc1cccc2cccnc12. The van der Waals surface area contributed by atoms with Gasteiger partial charge in [-0.05, 0) is 24.3 Å². The Morgan fingerprint density at radius 1 is 1.03 bits per heavy atom. The van der Waals surface area contributed by atoms with Crippen molar-refractivity contribution in [3.63, 3.8) is 0 Å². The van der Waals surface area contributed by atoms with Crippen LogP contribution in [0.4, 0.5) is 16.2 Å². The van der Waals surface area contributed by atoms with Crippen LogP contribution >= 0.6 is 0 Å². The average Bonchev–Trinajstić information content (AvgIpc) is 3.13. The fraction of sp³-hybridized carbons (Fsp3) is 0.227. The van der Waals surface area contributed by atoms with Crippen molar-refractivity contribution in [1.29, 1.82) is 0 Å². The second-order valence-electron chi connectivity index (χ2n) is 7.11. The van der Waals surface area contributed by atoms with E-state index in [9.17, 15) is 9.59 Å². The van der Waals surface area contributed by atoms with Crippen LogP contribution in [0.2, 0.25) is 0 Å². The average molecular weight is 404 g/mol. The zero-order valence-corrected chi connectivity index (χ0v) is 16.2. The summed E-state index contributed by atoms with van der Waals surface area (Å²) in [6.07, 6.45) is 1.69. The number of fused-ring (bicyclic) bond motifs is 2. The number of carbonyl (C=O) groups is 2. The molecule has 0 bridgehead atoms. The van der Waals surface area contributed by atoms with Crippen molar-refractivity contribution in [3.8, 4) is 11.5 Å². The normalized spacial score (nSPS) is 15.5. The maximum atomic E-state index is 12.9. The number of urea groups is 1. The van der Waals surface area contributed by atoms with E-state index in [-0.39, 0.29) is 18.5 Å². The first-order valence-corrected chi connectivity index (χ1v) is 9.79. The first-order valence-electron chi connectivity index (χ1n) is 9.79. The van der Waals surface area contributed by atoms with E-state index in [0.29, 0.717) is 43.5 Å². The molecule has 8 heteroatoms. The molecule has 1 fully saturated rings. The molecule has 0 aliphatic carbocycles. The topological polar surface area (TPSA) is 84.0 Å². The molecule has 30 heavy (non-hydrogen) atoms. The third-order valence-corrected chi connectivity index (χ3v) is 5.17. The first kappa shape index (κ1) is 18.2. The molecule has 0 spiro atoms. The number of hydrogen-bond acceptors (Lipinski definition) is 5. The van der Waals surface area contributed by atoms with Crippen molar-refractivity contribution >= 4 is 34.2 Å². The molecule has 3 aromatic rings. The maximum Gasteiger partial charge on any atom is 0.325 e. The van der Waals surface area contributed by atoms with Gasteiger partial charge in [-0.25, -0.2) is 4.79 Å². The molecule has 2 aliphatic heterocycles. The second kappa shape index (κ2) is 7.55. The molecule has 1 N–H and O–H groups in total. The lowest BCUT2D eigenvalue weighted by atomic mass is 10.2. The van der Waals surface area contributed by atoms with E-state index in [1.807, 2.05) is 30.3 Å². The van der Waals surface area contributed by atoms with E-state index in [1.54, 1.807) is 29.3 Å². The zero-order chi connectivity index (χ0) is 20.5. The Morgan fingerprint density at radius 2 is 1.87 bits per heavy atom. The molecule has 0 unspecified atom stereocenters. The molecule has 1 saturated heterocycles. The number of rotatable bonds is 4. The number of hydrogen-bond donors (Lipinski definition) is 1. The molecule has 3 amide bonds. The van der Waals surface area contributed by atoms with E-state index < -0.39 is 0 Å². The number of carbonyl (C=O) groups excluding carboxylic acids is 2. The molecule has 2 aromatic carbocycles. The summed E-state index contributed by atoms with van der Waals surface area (Å²) in [5.74, 6) is 1.05. The minimum atomic E-state index is -0.259. The predicted molar refractivity (Wildman–Crippen MR) is 112 cm³/mol. The first-order chi connectivity index (χ1) is 14.7. The van der Waals surface area contributed by atoms with E-state index in [4.69, 9.17) is 9.47 Å². The fourth-order valence-corrected chi connectivity index (χ4v) is 3.74. The zero-order valence-electron chi connectivity index (χ0n) is 16.2. The van der Waals surface area contributed by atoms with Crippen molar-refractivity contribution in [2.45, 2.75) is 0 Å². The molecular formula is C22H20N4O4. The number of ether oxygens (including phenoxy) is 2. The van der Waals surface area contributed by atoms with E-state index in [2.05, 4.69) is 10.3 Å². The van der Waals surface area contributed by atoms with E-state index >= 15 is 0 Å². The van der Waals surface area contributed by atoms with Crippen LogP contribution in [-0.4, -0.2) is 54.7 Å². The van der Waals surface area contributed by atoms with Crippen molar-refractivity contribution in [1.82, 2.24) is 9.88 Å². The van der Waals surface area contributed by atoms with Gasteiger partial charge in [0.05, 0.1) is 11.2 Å². The maximum absolute atomic E-state index is 12.9. The van der Waals surface area contributed by atoms with Gasteiger partial charge in [-0.15, -0.1) is 0 Å². The second-order valence-corrected chi connectivity index (χ2v) is 7.11. The van der Waals surface area contributed by atoms with Gasteiger partial charge >= 0.3 is 6.03 Å². The van der Waals surface area contributed by atoms with Crippen LogP contribution in [0.5, 0.6) is 11.5 Å². The minimum absolute atomic E-state index is 0.0247. The van der Waals surface area contributed by atoms with Crippen molar-refractivity contribution in [2.75, 3.05) is 43.1 Å². The summed E-state index contributed by atoms with van der Waals surface area (Å²) in [4.78, 5) is 33.0. The summed E-state index contributed by atoms with van der Waals surface area (Å²) in [5, 5.41) is 3.82. The van der Waals surface area contributed by atoms with E-state index in [1.165, 1.54) is 4.90 Å². The van der Waals surface area contributed by atoms with Gasteiger partial charge < -0.3 is 19.7 Å². The van der Waals surface area contributed by atoms with Gasteiger partial charge in [-0.2, -0.15) is 0 Å². The molecule has 0 saturated carbocycles. The molecule has 2 aliphatic rings. The summed E-state index contributed by atoms with van der Waals surface area (Å²) >= 11 is 0. The number of nitrogens with zero attached hydrogens (tertiary/aromatic N) is 3. The van der Waals surface area contributed by atoms with Crippen LogP contribution in [0, 0.1) is 0 Å². The van der Waals surface area contributed by atoms with Gasteiger partial charge in [-0.3, -0.25) is 14.7 Å². The quantitative estimate of drug-likeness (QED) is 0.723. The van der Waals surface area contributed by atoms with Gasteiger partial charge in [0.25, 0.3) is 0 Å². The summed E-state index contributed by atoms with van der Waals surface area (Å²) in [5.41, 5.74) is 2.08. The van der Waals surface area contributed by atoms with Crippen LogP contribution in [0.3, 0.4) is 0 Å². The summed E-state index contributed by atoms with van der Waals surface area (Å²) in [7, 11) is 0. The number of amides is 3. The number of aromatic nitrogens is 1. The molecule has 0 radical (unpaired) electrons. The number of nitrogens with one attached hydrogen (secondary N) is 1. The highest BCUT2D eigenvalue weighted by Crippen LogP contribution is 2.35. The molecule has 152 valence electrons. The number of benzene rings is 2. The monoisotopic (exact) mass is 404 g/mol. The van der Waals surface area contributed by atoms with Crippen LogP contribution in [0.15, 0.2) is 54.7 Å². The predicted octanol–water partition coefficient (Wildman–Crippen LogP) is 2.89. The molecule has 0 atom stereocenters. The van der Waals surface area contributed by atoms with Crippen LogP contribution in [0.1, 0.15) is 0 Å². The Morgan fingerprint density at radius 3 is 2.77 bits per heavy atom. The van der Waals surface area contributed by atoms with Crippen LogP contribution in [-0.2, 0) is 4.79 Å². The Hall–Kier alpha value is -3.81. The van der Waals surface area contributed by atoms with Crippen LogP contribution in [0.25, 0.3) is 10.9 Å². The molecule has 3 heterocycles. The Bertz CT molecular complexity index is 1130. The fourth-order valence-electron chi connectivity index (χ4n) is 3.74. The standard InChI is InChI=1S/C22H20N4O4/c27-20(24-17-5-1-3-15-4-2-8-23-21(15)17)14-25-9-10-26(22(25)28)16-6-7-18-19(13-16)30-12-11-29-18/h1-8,13H,9-12,14H2,(H,24,27). The Labute approximate surface area is 173 Å². The van der Waals surface area contributed by atoms with Gasteiger partial charge in [0.2, 0.25) is 5.91 Å². The highest BCUT2D eigenvalue weighted by Gasteiger charge is 2.31. The number of pyridine rings is 1. The lowest BCUT2D eigenvalue weighted by molar-refractivity contribution is -0.116. The number of anilines is 2. The van der Waals surface area contributed by atoms with Gasteiger partial charge in [-0.1, -0.05) is 18.2 Å². The molecular weight excluding hydrogens is 384 g/mol. The lowest BCUT2D eigenvalue weighted by Gasteiger charge is -2.22. The molecule has 1 aromatic heterocycles. The third-order valence-electron chi connectivity index (χ3n) is 5.17. The van der Waals surface area contributed by atoms with Gasteiger partial charge in [0.15, 0.2) is 11.5 Å². The van der Waals surface area contributed by atoms with Gasteiger partial charge in [0.1, 0.15) is 19.8 Å². The van der Waals surface area contributed by atoms with Crippen molar-refractivity contribution < 1.29 is 19.1 Å². The van der Waals surface area contributed by atoms with Crippen molar-refractivity contribution in [2.24, 2.45) is 0 Å². The Balaban J connectivity index is 1.27. The highest BCUT2D eigenvalue weighted by atomic mass is 16.6. The number of para-hydroxylation sites is 1. The van der Waals surface area contributed by atoms with E-state index in [0.717, 1.165) is 16.6 Å². The lowest BCUT2D eigenvalue weighted by Crippen LogP contribution is -2.37.